The lowest BCUT2D eigenvalue weighted by molar-refractivity contribution is -0.133. The first kappa shape index (κ1) is 22.3. The van der Waals surface area contributed by atoms with Gasteiger partial charge in [0.2, 0.25) is 11.8 Å². The summed E-state index contributed by atoms with van der Waals surface area (Å²) in [6.45, 7) is 8.43. The number of benzene rings is 2. The van der Waals surface area contributed by atoms with Gasteiger partial charge in [-0.15, -0.1) is 0 Å². The van der Waals surface area contributed by atoms with Gasteiger partial charge in [-0.25, -0.2) is 0 Å². The van der Waals surface area contributed by atoms with E-state index in [4.69, 9.17) is 4.74 Å². The van der Waals surface area contributed by atoms with Crippen molar-refractivity contribution in [3.05, 3.63) is 52.6 Å². The highest BCUT2D eigenvalue weighted by Crippen LogP contribution is 2.25. The number of hydrogen-bond donors (Lipinski definition) is 2. The van der Waals surface area contributed by atoms with Crippen molar-refractivity contribution < 1.29 is 14.3 Å². The molecule has 2 aromatic carbocycles. The molecule has 6 heteroatoms. The highest BCUT2D eigenvalue weighted by Gasteiger charge is 2.15. The molecule has 2 N–H and O–H groups in total. The minimum absolute atomic E-state index is 0.0133. The quantitative estimate of drug-likeness (QED) is 0.710. The molecule has 0 aliphatic rings. The van der Waals surface area contributed by atoms with Crippen LogP contribution in [0.15, 0.2) is 30.3 Å². The van der Waals surface area contributed by atoms with E-state index in [0.717, 1.165) is 39.4 Å². The zero-order valence-electron chi connectivity index (χ0n) is 18.2. The Labute approximate surface area is 173 Å². The van der Waals surface area contributed by atoms with Crippen molar-refractivity contribution in [3.8, 4) is 5.75 Å². The van der Waals surface area contributed by atoms with Crippen LogP contribution >= 0.6 is 0 Å². The molecule has 0 radical (unpaired) electrons. The predicted octanol–water partition coefficient (Wildman–Crippen LogP) is 3.83. The fourth-order valence-corrected chi connectivity index (χ4v) is 3.31. The molecule has 0 fully saturated rings. The van der Waals surface area contributed by atoms with E-state index in [0.29, 0.717) is 6.54 Å². The summed E-state index contributed by atoms with van der Waals surface area (Å²) in [4.78, 5) is 26.2. The summed E-state index contributed by atoms with van der Waals surface area (Å²) in [6.07, 6.45) is 0.281. The molecule has 0 heterocycles. The molecule has 2 aromatic rings. The third-order valence-corrected chi connectivity index (χ3v) is 4.76. The Hall–Kier alpha value is -3.02. The number of amides is 2. The topological polar surface area (TPSA) is 70.7 Å². The van der Waals surface area contributed by atoms with E-state index in [-0.39, 0.29) is 24.8 Å². The van der Waals surface area contributed by atoms with E-state index in [9.17, 15) is 9.59 Å². The molecule has 0 spiro atoms. The van der Waals surface area contributed by atoms with Crippen molar-refractivity contribution in [2.75, 3.05) is 37.9 Å². The van der Waals surface area contributed by atoms with Crippen LogP contribution in [-0.2, 0) is 9.59 Å². The van der Waals surface area contributed by atoms with E-state index in [2.05, 4.69) is 10.6 Å². The Morgan fingerprint density at radius 1 is 1.00 bits per heavy atom. The number of hydrogen-bond acceptors (Lipinski definition) is 4. The molecule has 2 rings (SSSR count). The fourth-order valence-electron chi connectivity index (χ4n) is 3.31. The van der Waals surface area contributed by atoms with E-state index in [1.165, 1.54) is 4.90 Å². The highest BCUT2D eigenvalue weighted by atomic mass is 16.5. The van der Waals surface area contributed by atoms with Crippen LogP contribution in [0.5, 0.6) is 5.75 Å². The van der Waals surface area contributed by atoms with Gasteiger partial charge in [-0.2, -0.15) is 0 Å². The Kier molecular flexibility index (Phi) is 7.65. The molecular formula is C23H31N3O3. The smallest absolute Gasteiger partial charge is 0.243 e. The van der Waals surface area contributed by atoms with E-state index in [1.807, 2.05) is 58.0 Å². The number of likely N-dealkylation sites (N-methyl/N-ethyl adjacent to an activating group) is 1. The van der Waals surface area contributed by atoms with E-state index >= 15 is 0 Å². The molecule has 0 saturated heterocycles. The second-order valence-corrected chi connectivity index (χ2v) is 7.45. The van der Waals surface area contributed by atoms with Crippen LogP contribution < -0.4 is 15.4 Å². The molecule has 0 unspecified atom stereocenters. The number of carbonyl (C=O) groups excluding carboxylic acids is 2. The number of carbonyl (C=O) groups is 2. The van der Waals surface area contributed by atoms with Gasteiger partial charge < -0.3 is 20.3 Å². The third kappa shape index (κ3) is 6.24. The third-order valence-electron chi connectivity index (χ3n) is 4.76. The fraction of sp³-hybridized carbons (Fsp3) is 0.391. The molecule has 6 nitrogen and oxygen atoms in total. The number of nitrogens with zero attached hydrogens (tertiary/aromatic N) is 1. The lowest BCUT2D eigenvalue weighted by Crippen LogP contribution is -2.35. The molecular weight excluding hydrogens is 366 g/mol. The Morgan fingerprint density at radius 3 is 2.28 bits per heavy atom. The molecule has 0 atom stereocenters. The molecule has 29 heavy (non-hydrogen) atoms. The molecule has 156 valence electrons. The number of anilines is 2. The van der Waals surface area contributed by atoms with Gasteiger partial charge in [0.05, 0.1) is 19.3 Å². The maximum Gasteiger partial charge on any atom is 0.243 e. The standard InChI is InChI=1S/C23H31N3O3/c1-15-7-8-20(29-6)19(13-15)24-10-9-22(28)26(5)14-21(27)25-23-17(3)11-16(2)12-18(23)4/h7-8,11-13,24H,9-10,14H2,1-6H3,(H,25,27). The summed E-state index contributed by atoms with van der Waals surface area (Å²) in [5.74, 6) is 0.431. The minimum Gasteiger partial charge on any atom is -0.495 e. The van der Waals surface area contributed by atoms with Crippen LogP contribution in [-0.4, -0.2) is 44.0 Å². The first-order chi connectivity index (χ1) is 13.7. The van der Waals surface area contributed by atoms with Crippen LogP contribution in [0.4, 0.5) is 11.4 Å². The number of methoxy groups -OCH3 is 1. The molecule has 0 aliphatic carbocycles. The predicted molar refractivity (Wildman–Crippen MR) is 118 cm³/mol. The van der Waals surface area contributed by atoms with Gasteiger partial charge >= 0.3 is 0 Å². The second-order valence-electron chi connectivity index (χ2n) is 7.45. The maximum atomic E-state index is 12.4. The van der Waals surface area contributed by atoms with Crippen molar-refractivity contribution in [1.29, 1.82) is 0 Å². The van der Waals surface area contributed by atoms with Crippen molar-refractivity contribution in [2.24, 2.45) is 0 Å². The molecule has 0 aliphatic heterocycles. The maximum absolute atomic E-state index is 12.4. The van der Waals surface area contributed by atoms with Crippen LogP contribution in [0, 0.1) is 27.7 Å². The Morgan fingerprint density at radius 2 is 1.66 bits per heavy atom. The zero-order valence-corrected chi connectivity index (χ0v) is 18.2. The van der Waals surface area contributed by atoms with E-state index < -0.39 is 0 Å². The summed E-state index contributed by atoms with van der Waals surface area (Å²) in [6, 6.07) is 9.90. The summed E-state index contributed by atoms with van der Waals surface area (Å²) < 4.78 is 5.33. The SMILES string of the molecule is COc1ccc(C)cc1NCCC(=O)N(C)CC(=O)Nc1c(C)cc(C)cc1C. The summed E-state index contributed by atoms with van der Waals surface area (Å²) >= 11 is 0. The summed E-state index contributed by atoms with van der Waals surface area (Å²) in [5, 5.41) is 6.16. The van der Waals surface area contributed by atoms with Crippen molar-refractivity contribution >= 4 is 23.2 Å². The minimum atomic E-state index is -0.204. The normalized spacial score (nSPS) is 10.4. The van der Waals surface area contributed by atoms with Gasteiger partial charge in [-0.05, 0) is 56.5 Å². The van der Waals surface area contributed by atoms with Crippen molar-refractivity contribution in [3.63, 3.8) is 0 Å². The highest BCUT2D eigenvalue weighted by molar-refractivity contribution is 5.95. The lowest BCUT2D eigenvalue weighted by atomic mass is 10.1. The number of rotatable bonds is 8. The molecule has 0 bridgehead atoms. The summed E-state index contributed by atoms with van der Waals surface area (Å²) in [5.41, 5.74) is 5.96. The number of aryl methyl sites for hydroxylation is 4. The van der Waals surface area contributed by atoms with Crippen LogP contribution in [0.2, 0.25) is 0 Å². The molecule has 0 saturated carbocycles. The largest absolute Gasteiger partial charge is 0.495 e. The number of nitrogens with one attached hydrogen (secondary N) is 2. The van der Waals surface area contributed by atoms with Gasteiger partial charge in [0.15, 0.2) is 0 Å². The average Bonchev–Trinajstić information content (AvgIpc) is 2.64. The number of ether oxygens (including phenoxy) is 1. The Bertz CT molecular complexity index is 870. The van der Waals surface area contributed by atoms with Crippen LogP contribution in [0.25, 0.3) is 0 Å². The first-order valence-corrected chi connectivity index (χ1v) is 9.71. The average molecular weight is 398 g/mol. The van der Waals surface area contributed by atoms with Gasteiger partial charge in [-0.1, -0.05) is 23.8 Å². The second kappa shape index (κ2) is 9.96. The molecule has 0 aromatic heterocycles. The van der Waals surface area contributed by atoms with Crippen molar-refractivity contribution in [2.45, 2.75) is 34.1 Å². The van der Waals surface area contributed by atoms with Crippen molar-refractivity contribution in [1.82, 2.24) is 4.90 Å². The van der Waals surface area contributed by atoms with Crippen LogP contribution in [0.3, 0.4) is 0 Å². The van der Waals surface area contributed by atoms with Gasteiger partial charge in [0, 0.05) is 25.7 Å². The molecule has 2 amide bonds. The van der Waals surface area contributed by atoms with Gasteiger partial charge in [0.25, 0.3) is 0 Å². The zero-order chi connectivity index (χ0) is 21.6. The van der Waals surface area contributed by atoms with E-state index in [1.54, 1.807) is 14.2 Å². The first-order valence-electron chi connectivity index (χ1n) is 9.71. The summed E-state index contributed by atoms with van der Waals surface area (Å²) in [7, 11) is 3.26. The van der Waals surface area contributed by atoms with Crippen LogP contribution in [0.1, 0.15) is 28.7 Å². The Balaban J connectivity index is 1.86. The monoisotopic (exact) mass is 397 g/mol. The van der Waals surface area contributed by atoms with Gasteiger partial charge in [-0.3, -0.25) is 9.59 Å². The van der Waals surface area contributed by atoms with Gasteiger partial charge in [0.1, 0.15) is 5.75 Å². The lowest BCUT2D eigenvalue weighted by Gasteiger charge is -2.19.